The van der Waals surface area contributed by atoms with Gasteiger partial charge in [-0.3, -0.25) is 4.90 Å². The Morgan fingerprint density at radius 3 is 2.30 bits per heavy atom. The second-order valence-corrected chi connectivity index (χ2v) is 5.80. The van der Waals surface area contributed by atoms with Crippen LogP contribution in [0.1, 0.15) is 16.7 Å². The molecule has 0 aromatic heterocycles. The number of rotatable bonds is 2. The quantitative estimate of drug-likeness (QED) is 0.856. The van der Waals surface area contributed by atoms with Crippen LogP contribution in [0.3, 0.4) is 0 Å². The van der Waals surface area contributed by atoms with Crippen molar-refractivity contribution in [3.63, 3.8) is 0 Å². The first-order valence-corrected chi connectivity index (χ1v) is 7.43. The maximum Gasteiger partial charge on any atom is 0.0452 e. The van der Waals surface area contributed by atoms with Crippen molar-refractivity contribution in [1.82, 2.24) is 4.90 Å². The van der Waals surface area contributed by atoms with Crippen LogP contribution >= 0.6 is 11.6 Å². The van der Waals surface area contributed by atoms with Gasteiger partial charge < -0.3 is 5.73 Å². The van der Waals surface area contributed by atoms with Crippen LogP contribution in [-0.2, 0) is 19.4 Å². The largest absolute Gasteiger partial charge is 0.399 e. The van der Waals surface area contributed by atoms with Gasteiger partial charge in [0.1, 0.15) is 0 Å². The van der Waals surface area contributed by atoms with Crippen LogP contribution in [0.4, 0.5) is 5.69 Å². The zero-order valence-electron chi connectivity index (χ0n) is 11.5. The second kappa shape index (κ2) is 5.86. The molecule has 104 valence electrons. The summed E-state index contributed by atoms with van der Waals surface area (Å²) in [5, 5.41) is 0.806. The summed E-state index contributed by atoms with van der Waals surface area (Å²) in [6.07, 6.45) is 2.21. The number of hydrogen-bond acceptors (Lipinski definition) is 2. The molecule has 0 amide bonds. The highest BCUT2D eigenvalue weighted by Crippen LogP contribution is 2.22. The van der Waals surface area contributed by atoms with Crippen LogP contribution in [-0.4, -0.2) is 18.0 Å². The molecule has 0 unspecified atom stereocenters. The van der Waals surface area contributed by atoms with E-state index in [1.807, 2.05) is 18.2 Å². The summed E-state index contributed by atoms with van der Waals surface area (Å²) >= 11 is 6.26. The number of nitrogens with two attached hydrogens (primary N) is 1. The number of anilines is 1. The molecular formula is C17H19ClN2. The molecule has 0 atom stereocenters. The van der Waals surface area contributed by atoms with Crippen molar-refractivity contribution in [3.8, 4) is 0 Å². The van der Waals surface area contributed by atoms with Gasteiger partial charge in [0.05, 0.1) is 0 Å². The van der Waals surface area contributed by atoms with Crippen LogP contribution in [0.5, 0.6) is 0 Å². The van der Waals surface area contributed by atoms with E-state index in [0.717, 1.165) is 48.7 Å². The van der Waals surface area contributed by atoms with E-state index in [4.69, 9.17) is 17.3 Å². The van der Waals surface area contributed by atoms with Gasteiger partial charge in [0.2, 0.25) is 0 Å². The highest BCUT2D eigenvalue weighted by Gasteiger charge is 2.14. The highest BCUT2D eigenvalue weighted by molar-refractivity contribution is 6.31. The molecule has 0 bridgehead atoms. The molecule has 0 spiro atoms. The topological polar surface area (TPSA) is 29.3 Å². The minimum absolute atomic E-state index is 0.780. The average Bonchev–Trinajstić information content (AvgIpc) is 2.66. The first-order chi connectivity index (χ1) is 9.72. The SMILES string of the molecule is Nc1ccc(Cl)c(CN2CCc3ccccc3CC2)c1. The van der Waals surface area contributed by atoms with Gasteiger partial charge in [0.15, 0.2) is 0 Å². The van der Waals surface area contributed by atoms with Gasteiger partial charge in [-0.1, -0.05) is 35.9 Å². The zero-order chi connectivity index (χ0) is 13.9. The summed E-state index contributed by atoms with van der Waals surface area (Å²) in [6.45, 7) is 3.02. The molecule has 3 heteroatoms. The second-order valence-electron chi connectivity index (χ2n) is 5.40. The maximum atomic E-state index is 6.26. The minimum atomic E-state index is 0.780. The van der Waals surface area contributed by atoms with Crippen LogP contribution < -0.4 is 5.73 Å². The summed E-state index contributed by atoms with van der Waals surface area (Å²) in [4.78, 5) is 2.46. The van der Waals surface area contributed by atoms with Gasteiger partial charge in [0.25, 0.3) is 0 Å². The lowest BCUT2D eigenvalue weighted by molar-refractivity contribution is 0.279. The summed E-state index contributed by atoms with van der Waals surface area (Å²) in [5.74, 6) is 0. The van der Waals surface area contributed by atoms with Crippen molar-refractivity contribution in [2.45, 2.75) is 19.4 Å². The van der Waals surface area contributed by atoms with E-state index in [-0.39, 0.29) is 0 Å². The van der Waals surface area contributed by atoms with E-state index in [1.54, 1.807) is 0 Å². The Kier molecular flexibility index (Phi) is 3.95. The van der Waals surface area contributed by atoms with Crippen LogP contribution in [0.15, 0.2) is 42.5 Å². The van der Waals surface area contributed by atoms with E-state index in [0.29, 0.717) is 0 Å². The molecule has 0 fully saturated rings. The van der Waals surface area contributed by atoms with Crippen LogP contribution in [0, 0.1) is 0 Å². The van der Waals surface area contributed by atoms with E-state index >= 15 is 0 Å². The number of nitrogens with zero attached hydrogens (tertiary/aromatic N) is 1. The van der Waals surface area contributed by atoms with Crippen LogP contribution in [0.2, 0.25) is 5.02 Å². The monoisotopic (exact) mass is 286 g/mol. The third kappa shape index (κ3) is 2.97. The van der Waals surface area contributed by atoms with E-state index in [1.165, 1.54) is 11.1 Å². The van der Waals surface area contributed by atoms with Crippen molar-refractivity contribution >= 4 is 17.3 Å². The Balaban J connectivity index is 1.73. The lowest BCUT2D eigenvalue weighted by Gasteiger charge is -2.20. The van der Waals surface area contributed by atoms with E-state index in [2.05, 4.69) is 29.2 Å². The maximum absolute atomic E-state index is 6.26. The molecule has 0 aliphatic carbocycles. The van der Waals surface area contributed by atoms with Gasteiger partial charge in [-0.2, -0.15) is 0 Å². The summed E-state index contributed by atoms with van der Waals surface area (Å²) in [5.41, 5.74) is 10.7. The Morgan fingerprint density at radius 2 is 1.65 bits per heavy atom. The molecule has 1 aliphatic rings. The molecule has 0 saturated heterocycles. The number of hydrogen-bond donors (Lipinski definition) is 1. The fourth-order valence-electron chi connectivity index (χ4n) is 2.83. The summed E-state index contributed by atoms with van der Waals surface area (Å²) in [7, 11) is 0. The van der Waals surface area contributed by atoms with Gasteiger partial charge in [-0.25, -0.2) is 0 Å². The number of halogens is 1. The Morgan fingerprint density at radius 1 is 1.00 bits per heavy atom. The predicted molar refractivity (Wildman–Crippen MR) is 85.0 cm³/mol. The van der Waals surface area contributed by atoms with Gasteiger partial charge in [0, 0.05) is 30.3 Å². The lowest BCUT2D eigenvalue weighted by Crippen LogP contribution is -2.26. The molecule has 2 nitrogen and oxygen atoms in total. The molecule has 20 heavy (non-hydrogen) atoms. The normalized spacial score (nSPS) is 15.7. The Bertz CT molecular complexity index is 583. The van der Waals surface area contributed by atoms with Gasteiger partial charge >= 0.3 is 0 Å². The first-order valence-electron chi connectivity index (χ1n) is 7.05. The number of nitrogen functional groups attached to an aromatic ring is 1. The fraction of sp³-hybridized carbons (Fsp3) is 0.294. The third-order valence-corrected chi connectivity index (χ3v) is 4.35. The molecule has 2 aromatic carbocycles. The smallest absolute Gasteiger partial charge is 0.0452 e. The number of benzene rings is 2. The zero-order valence-corrected chi connectivity index (χ0v) is 12.2. The molecule has 2 N–H and O–H groups in total. The fourth-order valence-corrected chi connectivity index (χ4v) is 3.01. The van der Waals surface area contributed by atoms with Crippen molar-refractivity contribution < 1.29 is 0 Å². The van der Waals surface area contributed by atoms with E-state index in [9.17, 15) is 0 Å². The summed E-state index contributed by atoms with van der Waals surface area (Å²) in [6, 6.07) is 14.5. The Labute approximate surface area is 125 Å². The molecule has 0 saturated carbocycles. The first kappa shape index (κ1) is 13.5. The molecule has 3 rings (SSSR count). The average molecular weight is 287 g/mol. The lowest BCUT2D eigenvalue weighted by atomic mass is 10.0. The van der Waals surface area contributed by atoms with Crippen molar-refractivity contribution in [2.24, 2.45) is 0 Å². The molecule has 1 aliphatic heterocycles. The number of fused-ring (bicyclic) bond motifs is 1. The van der Waals surface area contributed by atoms with Crippen molar-refractivity contribution in [2.75, 3.05) is 18.8 Å². The van der Waals surface area contributed by atoms with Crippen molar-refractivity contribution in [3.05, 3.63) is 64.2 Å². The molecule has 1 heterocycles. The van der Waals surface area contributed by atoms with Crippen LogP contribution in [0.25, 0.3) is 0 Å². The standard InChI is InChI=1S/C17H19ClN2/c18-17-6-5-16(19)11-15(17)12-20-9-7-13-3-1-2-4-14(13)8-10-20/h1-6,11H,7-10,12,19H2. The molecular weight excluding hydrogens is 268 g/mol. The van der Waals surface area contributed by atoms with E-state index < -0.39 is 0 Å². The minimum Gasteiger partial charge on any atom is -0.399 e. The predicted octanol–water partition coefficient (Wildman–Crippen LogP) is 3.52. The molecule has 2 aromatic rings. The van der Waals surface area contributed by atoms with Gasteiger partial charge in [-0.15, -0.1) is 0 Å². The van der Waals surface area contributed by atoms with Crippen molar-refractivity contribution in [1.29, 1.82) is 0 Å². The summed E-state index contributed by atoms with van der Waals surface area (Å²) < 4.78 is 0. The third-order valence-electron chi connectivity index (χ3n) is 3.98. The van der Waals surface area contributed by atoms with Gasteiger partial charge in [-0.05, 0) is 47.7 Å². The Hall–Kier alpha value is -1.51. The highest BCUT2D eigenvalue weighted by atomic mass is 35.5. The molecule has 0 radical (unpaired) electrons.